The SMILES string of the molecule is CNC1CCN(Cc2ccc(C(C)(C)C)cc2)CC1. The van der Waals surface area contributed by atoms with E-state index in [1.54, 1.807) is 0 Å². The van der Waals surface area contributed by atoms with Crippen molar-refractivity contribution in [2.45, 2.75) is 51.6 Å². The molecule has 0 bridgehead atoms. The Morgan fingerprint density at radius 3 is 2.16 bits per heavy atom. The van der Waals surface area contributed by atoms with E-state index in [4.69, 9.17) is 0 Å². The van der Waals surface area contributed by atoms with E-state index in [1.165, 1.54) is 37.1 Å². The summed E-state index contributed by atoms with van der Waals surface area (Å²) in [5.41, 5.74) is 3.12. The molecule has 106 valence electrons. The van der Waals surface area contributed by atoms with Gasteiger partial charge in [0.2, 0.25) is 0 Å². The van der Waals surface area contributed by atoms with E-state index in [1.807, 2.05) is 0 Å². The van der Waals surface area contributed by atoms with Crippen molar-refractivity contribution in [1.29, 1.82) is 0 Å². The molecule has 2 heteroatoms. The first kappa shape index (κ1) is 14.5. The van der Waals surface area contributed by atoms with Crippen LogP contribution >= 0.6 is 0 Å². The van der Waals surface area contributed by atoms with Crippen molar-refractivity contribution in [3.05, 3.63) is 35.4 Å². The van der Waals surface area contributed by atoms with Crippen LogP contribution in [0.4, 0.5) is 0 Å². The van der Waals surface area contributed by atoms with Gasteiger partial charge in [-0.15, -0.1) is 0 Å². The maximum Gasteiger partial charge on any atom is 0.0233 e. The molecule has 1 saturated heterocycles. The summed E-state index contributed by atoms with van der Waals surface area (Å²) in [5, 5.41) is 3.39. The summed E-state index contributed by atoms with van der Waals surface area (Å²) in [7, 11) is 2.07. The first-order chi connectivity index (χ1) is 8.99. The predicted molar refractivity (Wildman–Crippen MR) is 82.5 cm³/mol. The average molecular weight is 260 g/mol. The Balaban J connectivity index is 1.90. The van der Waals surface area contributed by atoms with Crippen LogP contribution in [-0.2, 0) is 12.0 Å². The molecular weight excluding hydrogens is 232 g/mol. The van der Waals surface area contributed by atoms with Crippen molar-refractivity contribution in [3.8, 4) is 0 Å². The average Bonchev–Trinajstić information content (AvgIpc) is 2.39. The first-order valence-corrected chi connectivity index (χ1v) is 7.48. The summed E-state index contributed by atoms with van der Waals surface area (Å²) < 4.78 is 0. The molecule has 0 saturated carbocycles. The molecule has 0 atom stereocenters. The minimum Gasteiger partial charge on any atom is -0.317 e. The third-order valence-corrected chi connectivity index (χ3v) is 4.22. The first-order valence-electron chi connectivity index (χ1n) is 7.48. The van der Waals surface area contributed by atoms with Gasteiger partial charge >= 0.3 is 0 Å². The highest BCUT2D eigenvalue weighted by atomic mass is 15.1. The van der Waals surface area contributed by atoms with E-state index in [0.29, 0.717) is 0 Å². The minimum absolute atomic E-state index is 0.254. The predicted octanol–water partition coefficient (Wildman–Crippen LogP) is 3.17. The molecule has 1 aliphatic rings. The quantitative estimate of drug-likeness (QED) is 0.898. The summed E-state index contributed by atoms with van der Waals surface area (Å²) in [5.74, 6) is 0. The van der Waals surface area contributed by atoms with Gasteiger partial charge in [0.1, 0.15) is 0 Å². The van der Waals surface area contributed by atoms with Crippen molar-refractivity contribution in [3.63, 3.8) is 0 Å². The van der Waals surface area contributed by atoms with E-state index in [9.17, 15) is 0 Å². The third kappa shape index (κ3) is 4.05. The van der Waals surface area contributed by atoms with Gasteiger partial charge in [-0.25, -0.2) is 0 Å². The van der Waals surface area contributed by atoms with Crippen LogP contribution in [0.25, 0.3) is 0 Å². The second-order valence-electron chi connectivity index (χ2n) is 6.79. The lowest BCUT2D eigenvalue weighted by atomic mass is 9.86. The summed E-state index contributed by atoms with van der Waals surface area (Å²) >= 11 is 0. The molecule has 0 unspecified atom stereocenters. The van der Waals surface area contributed by atoms with Crippen LogP contribution in [0, 0.1) is 0 Å². The van der Waals surface area contributed by atoms with Gasteiger partial charge in [-0.3, -0.25) is 4.90 Å². The number of hydrogen-bond acceptors (Lipinski definition) is 2. The third-order valence-electron chi connectivity index (χ3n) is 4.22. The van der Waals surface area contributed by atoms with E-state index < -0.39 is 0 Å². The molecule has 19 heavy (non-hydrogen) atoms. The van der Waals surface area contributed by atoms with E-state index in [-0.39, 0.29) is 5.41 Å². The van der Waals surface area contributed by atoms with Crippen molar-refractivity contribution < 1.29 is 0 Å². The fourth-order valence-corrected chi connectivity index (χ4v) is 2.75. The molecule has 1 heterocycles. The molecule has 1 aromatic carbocycles. The number of likely N-dealkylation sites (tertiary alicyclic amines) is 1. The monoisotopic (exact) mass is 260 g/mol. The topological polar surface area (TPSA) is 15.3 Å². The highest BCUT2D eigenvalue weighted by Crippen LogP contribution is 2.23. The van der Waals surface area contributed by atoms with Crippen LogP contribution in [0.3, 0.4) is 0 Å². The second kappa shape index (κ2) is 6.06. The number of hydrogen-bond donors (Lipinski definition) is 1. The van der Waals surface area contributed by atoms with Crippen molar-refractivity contribution >= 4 is 0 Å². The molecule has 0 spiro atoms. The van der Waals surface area contributed by atoms with Crippen molar-refractivity contribution in [1.82, 2.24) is 10.2 Å². The number of rotatable bonds is 3. The van der Waals surface area contributed by atoms with Gasteiger partial charge in [0.15, 0.2) is 0 Å². The molecule has 0 radical (unpaired) electrons. The Bertz CT molecular complexity index is 381. The number of nitrogens with zero attached hydrogens (tertiary/aromatic N) is 1. The van der Waals surface area contributed by atoms with Gasteiger partial charge in [0, 0.05) is 12.6 Å². The highest BCUT2D eigenvalue weighted by molar-refractivity contribution is 5.27. The lowest BCUT2D eigenvalue weighted by molar-refractivity contribution is 0.194. The normalized spacial score (nSPS) is 18.7. The largest absolute Gasteiger partial charge is 0.317 e. The lowest BCUT2D eigenvalue weighted by Gasteiger charge is -2.31. The summed E-state index contributed by atoms with van der Waals surface area (Å²) in [4.78, 5) is 2.57. The van der Waals surface area contributed by atoms with Gasteiger partial charge in [-0.2, -0.15) is 0 Å². The van der Waals surface area contributed by atoms with Gasteiger partial charge in [0.25, 0.3) is 0 Å². The fraction of sp³-hybridized carbons (Fsp3) is 0.647. The zero-order valence-electron chi connectivity index (χ0n) is 12.9. The summed E-state index contributed by atoms with van der Waals surface area (Å²) in [6.45, 7) is 10.3. The Morgan fingerprint density at radius 2 is 1.68 bits per heavy atom. The van der Waals surface area contributed by atoms with Crippen LogP contribution in [0.15, 0.2) is 24.3 Å². The highest BCUT2D eigenvalue weighted by Gasteiger charge is 2.18. The molecule has 1 aromatic rings. The smallest absolute Gasteiger partial charge is 0.0233 e. The zero-order valence-corrected chi connectivity index (χ0v) is 12.9. The van der Waals surface area contributed by atoms with Crippen LogP contribution in [0.1, 0.15) is 44.7 Å². The number of nitrogens with one attached hydrogen (secondary N) is 1. The molecular formula is C17H28N2. The lowest BCUT2D eigenvalue weighted by Crippen LogP contribution is -2.40. The molecule has 1 N–H and O–H groups in total. The van der Waals surface area contributed by atoms with Crippen molar-refractivity contribution in [2.75, 3.05) is 20.1 Å². The van der Waals surface area contributed by atoms with Crippen LogP contribution in [0.2, 0.25) is 0 Å². The summed E-state index contributed by atoms with van der Waals surface area (Å²) in [6, 6.07) is 9.89. The van der Waals surface area contributed by atoms with Gasteiger partial charge in [0.05, 0.1) is 0 Å². The molecule has 1 fully saturated rings. The fourth-order valence-electron chi connectivity index (χ4n) is 2.75. The van der Waals surface area contributed by atoms with Gasteiger partial charge in [-0.05, 0) is 49.5 Å². The Kier molecular flexibility index (Phi) is 4.64. The van der Waals surface area contributed by atoms with E-state index >= 15 is 0 Å². The number of benzene rings is 1. The minimum atomic E-state index is 0.254. The molecule has 2 nitrogen and oxygen atoms in total. The molecule has 0 aliphatic carbocycles. The van der Waals surface area contributed by atoms with Crippen LogP contribution in [-0.4, -0.2) is 31.1 Å². The molecule has 2 rings (SSSR count). The molecule has 0 amide bonds. The van der Waals surface area contributed by atoms with Crippen LogP contribution in [0.5, 0.6) is 0 Å². The maximum atomic E-state index is 3.39. The standard InChI is InChI=1S/C17H28N2/c1-17(2,3)15-7-5-14(6-8-15)13-19-11-9-16(18-4)10-12-19/h5-8,16,18H,9-13H2,1-4H3. The van der Waals surface area contributed by atoms with Crippen LogP contribution < -0.4 is 5.32 Å². The molecule has 1 aliphatic heterocycles. The van der Waals surface area contributed by atoms with Gasteiger partial charge in [-0.1, -0.05) is 45.0 Å². The van der Waals surface area contributed by atoms with E-state index in [0.717, 1.165) is 12.6 Å². The summed E-state index contributed by atoms with van der Waals surface area (Å²) in [6.07, 6.45) is 2.55. The van der Waals surface area contributed by atoms with Gasteiger partial charge < -0.3 is 5.32 Å². The Hall–Kier alpha value is -0.860. The second-order valence-corrected chi connectivity index (χ2v) is 6.79. The Morgan fingerprint density at radius 1 is 1.11 bits per heavy atom. The zero-order chi connectivity index (χ0) is 13.9. The maximum absolute atomic E-state index is 3.39. The number of piperidine rings is 1. The molecule has 0 aromatic heterocycles. The Labute approximate surface area is 118 Å². The van der Waals surface area contributed by atoms with E-state index in [2.05, 4.69) is 62.3 Å². The van der Waals surface area contributed by atoms with Crippen molar-refractivity contribution in [2.24, 2.45) is 0 Å².